The first-order chi connectivity index (χ1) is 14.3. The highest BCUT2D eigenvalue weighted by Crippen LogP contribution is 2.29. The molecule has 174 valence electrons. The predicted octanol–water partition coefficient (Wildman–Crippen LogP) is 6.99. The number of ether oxygens (including phenoxy) is 1. The van der Waals surface area contributed by atoms with Crippen LogP contribution in [0, 0.1) is 0 Å². The predicted molar refractivity (Wildman–Crippen MR) is 114 cm³/mol. The molecular weight excluding hydrogens is 393 g/mol. The Hall–Kier alpha value is -1.11. The summed E-state index contributed by atoms with van der Waals surface area (Å²) in [5, 5.41) is 18.2. The van der Waals surface area contributed by atoms with Gasteiger partial charge < -0.3 is 14.9 Å². The van der Waals surface area contributed by atoms with Gasteiger partial charge in [-0.15, -0.1) is 0 Å². The summed E-state index contributed by atoms with van der Waals surface area (Å²) in [6, 6.07) is 5.39. The van der Waals surface area contributed by atoms with Gasteiger partial charge in [-0.25, -0.2) is 0 Å². The maximum Gasteiger partial charge on any atom is 0.416 e. The summed E-state index contributed by atoms with van der Waals surface area (Å²) >= 11 is 0. The van der Waals surface area contributed by atoms with Gasteiger partial charge in [0.1, 0.15) is 0 Å². The molecule has 1 unspecified atom stereocenters. The summed E-state index contributed by atoms with van der Waals surface area (Å²) in [4.78, 5) is 0. The number of hydrogen-bond acceptors (Lipinski definition) is 3. The van der Waals surface area contributed by atoms with Crippen LogP contribution in [0.4, 0.5) is 13.2 Å². The highest BCUT2D eigenvalue weighted by molar-refractivity contribution is 5.24. The summed E-state index contributed by atoms with van der Waals surface area (Å²) in [7, 11) is 0. The van der Waals surface area contributed by atoms with Crippen LogP contribution in [-0.2, 0) is 17.3 Å². The lowest BCUT2D eigenvalue weighted by Crippen LogP contribution is -2.21. The van der Waals surface area contributed by atoms with E-state index in [0.717, 1.165) is 75.5 Å². The van der Waals surface area contributed by atoms with Crippen molar-refractivity contribution < 1.29 is 28.1 Å². The standard InChI is InChI=1S/C24H39F3O3/c1-2-3-4-5-6-7-11-14-22(30-23(28)29)15-12-9-8-10-13-20-16-18-21(19-17-20)24(25,26)27/h16-19,22-23,28-29H,2-15H2,1H3. The molecule has 1 aromatic carbocycles. The molecule has 0 bridgehead atoms. The number of halogens is 3. The molecule has 0 spiro atoms. The van der Waals surface area contributed by atoms with Crippen LogP contribution in [0.5, 0.6) is 0 Å². The van der Waals surface area contributed by atoms with Gasteiger partial charge in [0.05, 0.1) is 11.7 Å². The third kappa shape index (κ3) is 13.2. The van der Waals surface area contributed by atoms with Crippen molar-refractivity contribution in [3.8, 4) is 0 Å². The molecule has 0 radical (unpaired) electrons. The van der Waals surface area contributed by atoms with Crippen molar-refractivity contribution in [2.45, 2.75) is 116 Å². The third-order valence-electron chi connectivity index (χ3n) is 5.47. The molecule has 0 saturated heterocycles. The maximum atomic E-state index is 12.6. The summed E-state index contributed by atoms with van der Waals surface area (Å²) in [6.45, 7) is 0.482. The molecule has 0 aliphatic carbocycles. The van der Waals surface area contributed by atoms with Crippen LogP contribution in [0.15, 0.2) is 24.3 Å². The van der Waals surface area contributed by atoms with Crippen LogP contribution in [0.1, 0.15) is 102 Å². The van der Waals surface area contributed by atoms with E-state index in [-0.39, 0.29) is 6.10 Å². The second-order valence-electron chi connectivity index (χ2n) is 8.14. The smallest absolute Gasteiger partial charge is 0.346 e. The molecular formula is C24H39F3O3. The lowest BCUT2D eigenvalue weighted by Gasteiger charge is -2.19. The Bertz CT molecular complexity index is 529. The zero-order chi connectivity index (χ0) is 22.2. The Balaban J connectivity index is 2.15. The van der Waals surface area contributed by atoms with Gasteiger partial charge in [0, 0.05) is 0 Å². The average molecular weight is 433 g/mol. The van der Waals surface area contributed by atoms with Crippen molar-refractivity contribution in [1.82, 2.24) is 0 Å². The molecule has 0 aromatic heterocycles. The van der Waals surface area contributed by atoms with Gasteiger partial charge in [0.25, 0.3) is 6.48 Å². The van der Waals surface area contributed by atoms with Gasteiger partial charge in [-0.3, -0.25) is 0 Å². The number of hydrogen-bond donors (Lipinski definition) is 2. The zero-order valence-electron chi connectivity index (χ0n) is 18.3. The first-order valence-electron chi connectivity index (χ1n) is 11.5. The summed E-state index contributed by atoms with van der Waals surface area (Å²) in [5.74, 6) is 0. The van der Waals surface area contributed by atoms with Crippen LogP contribution >= 0.6 is 0 Å². The van der Waals surface area contributed by atoms with E-state index in [0.29, 0.717) is 0 Å². The Morgan fingerprint density at radius 1 is 0.767 bits per heavy atom. The molecule has 0 fully saturated rings. The van der Waals surface area contributed by atoms with Gasteiger partial charge in [0.2, 0.25) is 0 Å². The lowest BCUT2D eigenvalue weighted by atomic mass is 10.0. The van der Waals surface area contributed by atoms with Gasteiger partial charge in [0.15, 0.2) is 0 Å². The minimum atomic E-state index is -4.28. The van der Waals surface area contributed by atoms with E-state index in [1.165, 1.54) is 32.1 Å². The molecule has 2 N–H and O–H groups in total. The largest absolute Gasteiger partial charge is 0.416 e. The number of benzene rings is 1. The molecule has 6 heteroatoms. The molecule has 3 nitrogen and oxygen atoms in total. The Kier molecular flexibility index (Phi) is 14.1. The molecule has 1 aromatic rings. The summed E-state index contributed by atoms with van der Waals surface area (Å²) < 4.78 is 43.0. The van der Waals surface area contributed by atoms with Crippen molar-refractivity contribution in [2.24, 2.45) is 0 Å². The first-order valence-corrected chi connectivity index (χ1v) is 11.5. The molecule has 1 atom stereocenters. The summed E-state index contributed by atoms with van der Waals surface area (Å²) in [5.41, 5.74) is 0.316. The Labute approximate surface area is 179 Å². The molecule has 0 heterocycles. The summed E-state index contributed by atoms with van der Waals surface area (Å²) in [6.07, 6.45) is 10.4. The van der Waals surface area contributed by atoms with Crippen molar-refractivity contribution >= 4 is 0 Å². The van der Waals surface area contributed by atoms with Gasteiger partial charge >= 0.3 is 6.18 Å². The normalized spacial score (nSPS) is 13.2. The zero-order valence-corrected chi connectivity index (χ0v) is 18.3. The van der Waals surface area contributed by atoms with E-state index in [9.17, 15) is 13.2 Å². The number of aliphatic hydroxyl groups excluding tert-OH is 1. The van der Waals surface area contributed by atoms with Gasteiger partial charge in [-0.2, -0.15) is 13.2 Å². The SMILES string of the molecule is CCCCCCCCCC(CCCCCCc1ccc(C(F)(F)F)cc1)OC(O)O. The highest BCUT2D eigenvalue weighted by Gasteiger charge is 2.29. The number of alkyl halides is 3. The molecule has 0 saturated carbocycles. The minimum Gasteiger partial charge on any atom is -0.346 e. The van der Waals surface area contributed by atoms with Gasteiger partial charge in [-0.1, -0.05) is 83.3 Å². The van der Waals surface area contributed by atoms with E-state index in [1.54, 1.807) is 12.1 Å². The highest BCUT2D eigenvalue weighted by atomic mass is 19.4. The maximum absolute atomic E-state index is 12.6. The molecule has 30 heavy (non-hydrogen) atoms. The van der Waals surface area contributed by atoms with Crippen LogP contribution in [0.3, 0.4) is 0 Å². The number of rotatable bonds is 17. The van der Waals surface area contributed by atoms with Crippen LogP contribution in [-0.4, -0.2) is 22.8 Å². The molecule has 0 amide bonds. The fraction of sp³-hybridized carbons (Fsp3) is 0.750. The molecule has 0 aliphatic rings. The van der Waals surface area contributed by atoms with Crippen LogP contribution in [0.25, 0.3) is 0 Å². The number of unbranched alkanes of at least 4 members (excludes halogenated alkanes) is 9. The Morgan fingerprint density at radius 3 is 1.77 bits per heavy atom. The van der Waals surface area contributed by atoms with E-state index >= 15 is 0 Å². The molecule has 0 aliphatic heterocycles. The van der Waals surface area contributed by atoms with Gasteiger partial charge in [-0.05, 0) is 43.4 Å². The fourth-order valence-corrected chi connectivity index (χ4v) is 3.70. The monoisotopic (exact) mass is 432 g/mol. The second kappa shape index (κ2) is 15.7. The van der Waals surface area contributed by atoms with E-state index < -0.39 is 18.2 Å². The molecule has 1 rings (SSSR count). The van der Waals surface area contributed by atoms with Crippen molar-refractivity contribution in [3.05, 3.63) is 35.4 Å². The average Bonchev–Trinajstić information content (AvgIpc) is 2.69. The van der Waals surface area contributed by atoms with Crippen molar-refractivity contribution in [1.29, 1.82) is 0 Å². The van der Waals surface area contributed by atoms with E-state index in [2.05, 4.69) is 6.92 Å². The third-order valence-corrected chi connectivity index (χ3v) is 5.47. The first kappa shape index (κ1) is 26.9. The minimum absolute atomic E-state index is 0.129. The second-order valence-corrected chi connectivity index (χ2v) is 8.14. The quantitative estimate of drug-likeness (QED) is 0.206. The number of aliphatic hydroxyl groups is 2. The lowest BCUT2D eigenvalue weighted by molar-refractivity contribution is -0.257. The number of aryl methyl sites for hydroxylation is 1. The van der Waals surface area contributed by atoms with E-state index in [1.807, 2.05) is 0 Å². The topological polar surface area (TPSA) is 49.7 Å². The fourth-order valence-electron chi connectivity index (χ4n) is 3.70. The van der Waals surface area contributed by atoms with Crippen molar-refractivity contribution in [2.75, 3.05) is 0 Å². The Morgan fingerprint density at radius 2 is 1.27 bits per heavy atom. The van der Waals surface area contributed by atoms with E-state index in [4.69, 9.17) is 14.9 Å². The van der Waals surface area contributed by atoms with Crippen molar-refractivity contribution in [3.63, 3.8) is 0 Å². The van der Waals surface area contributed by atoms with Crippen LogP contribution < -0.4 is 0 Å². The van der Waals surface area contributed by atoms with Crippen LogP contribution in [0.2, 0.25) is 0 Å².